The van der Waals surface area contributed by atoms with E-state index >= 15 is 0 Å². The van der Waals surface area contributed by atoms with Gasteiger partial charge in [-0.3, -0.25) is 0 Å². The Kier molecular flexibility index (Phi) is 7.42. The van der Waals surface area contributed by atoms with Crippen LogP contribution in [0, 0.1) is 6.92 Å². The highest BCUT2D eigenvalue weighted by atomic mass is 16.3. The van der Waals surface area contributed by atoms with Gasteiger partial charge in [-0.05, 0) is 92.0 Å². The Balaban J connectivity index is 1.11. The summed E-state index contributed by atoms with van der Waals surface area (Å²) >= 11 is 0. The first-order chi connectivity index (χ1) is 27.9. The first-order valence-corrected chi connectivity index (χ1v) is 19.7. The largest absolute Gasteiger partial charge is 0.456 e. The molecule has 0 N–H and O–H groups in total. The first-order valence-electron chi connectivity index (χ1n) is 19.7. The number of aromatic nitrogens is 2. The van der Waals surface area contributed by atoms with Gasteiger partial charge in [-0.2, -0.15) is 0 Å². The Morgan fingerprint density at radius 1 is 0.439 bits per heavy atom. The molecule has 2 aromatic heterocycles. The van der Waals surface area contributed by atoms with E-state index in [0.717, 1.165) is 55.6 Å². The number of rotatable bonds is 5. The van der Waals surface area contributed by atoms with E-state index in [1.165, 1.54) is 55.3 Å². The molecule has 0 spiro atoms. The fraction of sp³-hybridized carbons (Fsp3) is 0.0741. The third kappa shape index (κ3) is 5.19. The number of furan rings is 1. The average molecular weight is 731 g/mol. The third-order valence-electron chi connectivity index (χ3n) is 12.1. The van der Waals surface area contributed by atoms with E-state index in [-0.39, 0.29) is 5.41 Å². The molecule has 3 nitrogen and oxygen atoms in total. The van der Waals surface area contributed by atoms with Crippen LogP contribution in [-0.4, -0.2) is 9.97 Å². The molecular formula is C54H38N2O. The highest BCUT2D eigenvalue weighted by Crippen LogP contribution is 2.52. The van der Waals surface area contributed by atoms with Crippen LogP contribution in [0.4, 0.5) is 0 Å². The van der Waals surface area contributed by atoms with Crippen molar-refractivity contribution in [1.82, 2.24) is 9.97 Å². The van der Waals surface area contributed by atoms with Crippen molar-refractivity contribution in [2.45, 2.75) is 26.2 Å². The Labute approximate surface area is 332 Å². The molecule has 0 atom stereocenters. The van der Waals surface area contributed by atoms with Gasteiger partial charge in [0, 0.05) is 32.9 Å². The summed E-state index contributed by atoms with van der Waals surface area (Å²) in [5.41, 5.74) is 17.6. The summed E-state index contributed by atoms with van der Waals surface area (Å²) in [7, 11) is 0. The van der Waals surface area contributed by atoms with Crippen LogP contribution in [0.15, 0.2) is 180 Å². The molecule has 1 aliphatic rings. The topological polar surface area (TPSA) is 38.9 Å². The van der Waals surface area contributed by atoms with Gasteiger partial charge < -0.3 is 4.42 Å². The minimum absolute atomic E-state index is 0.119. The second-order valence-electron chi connectivity index (χ2n) is 15.7. The summed E-state index contributed by atoms with van der Waals surface area (Å²) in [6, 6.07) is 62.7. The van der Waals surface area contributed by atoms with Crippen molar-refractivity contribution in [2.75, 3.05) is 0 Å². The quantitative estimate of drug-likeness (QED) is 0.177. The lowest BCUT2D eigenvalue weighted by molar-refractivity contribution is 0.660. The molecule has 0 saturated carbocycles. The smallest absolute Gasteiger partial charge is 0.161 e. The molecule has 11 rings (SSSR count). The molecule has 0 bridgehead atoms. The number of hydrogen-bond acceptors (Lipinski definition) is 3. The highest BCUT2D eigenvalue weighted by molar-refractivity contribution is 6.13. The summed E-state index contributed by atoms with van der Waals surface area (Å²) in [5.74, 6) is 0.669. The van der Waals surface area contributed by atoms with Crippen molar-refractivity contribution in [3.63, 3.8) is 0 Å². The van der Waals surface area contributed by atoms with Crippen molar-refractivity contribution in [3.8, 4) is 67.3 Å². The van der Waals surface area contributed by atoms with Gasteiger partial charge in [0.1, 0.15) is 11.2 Å². The second kappa shape index (κ2) is 12.7. The van der Waals surface area contributed by atoms with Gasteiger partial charge in [0.25, 0.3) is 0 Å². The van der Waals surface area contributed by atoms with E-state index in [1.807, 2.05) is 6.07 Å². The van der Waals surface area contributed by atoms with Crippen molar-refractivity contribution in [2.24, 2.45) is 0 Å². The molecule has 0 fully saturated rings. The molecule has 3 heteroatoms. The molecular weight excluding hydrogens is 693 g/mol. The predicted octanol–water partition coefficient (Wildman–Crippen LogP) is 14.5. The molecule has 0 aliphatic heterocycles. The van der Waals surface area contributed by atoms with Crippen LogP contribution >= 0.6 is 0 Å². The Hall–Kier alpha value is -7.10. The summed E-state index contributed by atoms with van der Waals surface area (Å²) in [6.45, 7) is 6.88. The van der Waals surface area contributed by atoms with Crippen molar-refractivity contribution >= 4 is 32.7 Å². The average Bonchev–Trinajstić information content (AvgIpc) is 3.75. The number of hydrogen-bond donors (Lipinski definition) is 0. The minimum atomic E-state index is -0.119. The minimum Gasteiger partial charge on any atom is -0.456 e. The van der Waals surface area contributed by atoms with Crippen LogP contribution in [0.2, 0.25) is 0 Å². The summed E-state index contributed by atoms with van der Waals surface area (Å²) in [4.78, 5) is 10.8. The molecule has 2 heterocycles. The van der Waals surface area contributed by atoms with Crippen LogP contribution in [-0.2, 0) is 5.41 Å². The van der Waals surface area contributed by atoms with Crippen molar-refractivity contribution < 1.29 is 4.42 Å². The second-order valence-corrected chi connectivity index (χ2v) is 15.7. The lowest BCUT2D eigenvalue weighted by Crippen LogP contribution is -2.14. The van der Waals surface area contributed by atoms with Gasteiger partial charge in [-0.1, -0.05) is 166 Å². The summed E-state index contributed by atoms with van der Waals surface area (Å²) < 4.78 is 6.57. The van der Waals surface area contributed by atoms with Crippen LogP contribution in [0.5, 0.6) is 0 Å². The van der Waals surface area contributed by atoms with E-state index in [1.54, 1.807) is 0 Å². The lowest BCUT2D eigenvalue weighted by atomic mass is 9.82. The zero-order valence-electron chi connectivity index (χ0n) is 32.0. The van der Waals surface area contributed by atoms with Crippen LogP contribution in [0.25, 0.3) is 100.0 Å². The Bertz CT molecular complexity index is 3220. The monoisotopic (exact) mass is 730 g/mol. The van der Waals surface area contributed by atoms with Gasteiger partial charge in [-0.15, -0.1) is 0 Å². The molecule has 0 amide bonds. The maximum Gasteiger partial charge on any atom is 0.161 e. The van der Waals surface area contributed by atoms with E-state index in [0.29, 0.717) is 5.82 Å². The van der Waals surface area contributed by atoms with Crippen molar-refractivity contribution in [3.05, 3.63) is 193 Å². The molecule has 1 aliphatic carbocycles. The maximum absolute atomic E-state index is 6.57. The highest BCUT2D eigenvalue weighted by Gasteiger charge is 2.37. The zero-order valence-corrected chi connectivity index (χ0v) is 32.0. The standard InChI is InChI=1S/C54H38N2O/c1-33-37(21-12-22-38(33)40-23-11-18-34-15-7-8-19-39(34)40)36-29-30-49-44(31-36)52-43(25-14-28-50(52)57-49)53-55-47(35-16-5-4-6-17-35)32-48(56-53)42-24-13-27-46-51(42)41-20-9-10-26-45(41)54(46,2)3/h4-32H,1-3H3. The van der Waals surface area contributed by atoms with E-state index < -0.39 is 0 Å². The van der Waals surface area contributed by atoms with Crippen molar-refractivity contribution in [1.29, 1.82) is 0 Å². The van der Waals surface area contributed by atoms with Gasteiger partial charge in [0.05, 0.1) is 11.4 Å². The Morgan fingerprint density at radius 2 is 1.09 bits per heavy atom. The molecule has 0 saturated heterocycles. The molecule has 0 radical (unpaired) electrons. The number of fused-ring (bicyclic) bond motifs is 7. The van der Waals surface area contributed by atoms with Crippen LogP contribution in [0.1, 0.15) is 30.5 Å². The SMILES string of the molecule is Cc1c(-c2ccc3oc4cccc(-c5nc(-c6ccccc6)cc(-c6cccc7c6-c6ccccc6C7(C)C)n5)c4c3c2)cccc1-c1cccc2ccccc12. The molecule has 270 valence electrons. The molecule has 0 unspecified atom stereocenters. The van der Waals surface area contributed by atoms with E-state index in [4.69, 9.17) is 14.4 Å². The Morgan fingerprint density at radius 3 is 2.00 bits per heavy atom. The third-order valence-corrected chi connectivity index (χ3v) is 12.1. The zero-order chi connectivity index (χ0) is 38.3. The summed E-state index contributed by atoms with van der Waals surface area (Å²) in [5, 5.41) is 4.55. The molecule has 8 aromatic carbocycles. The fourth-order valence-corrected chi connectivity index (χ4v) is 9.31. The lowest BCUT2D eigenvalue weighted by Gasteiger charge is -2.21. The van der Waals surface area contributed by atoms with Crippen LogP contribution in [0.3, 0.4) is 0 Å². The van der Waals surface area contributed by atoms with Gasteiger partial charge >= 0.3 is 0 Å². The number of nitrogens with zero attached hydrogens (tertiary/aromatic N) is 2. The summed E-state index contributed by atoms with van der Waals surface area (Å²) in [6.07, 6.45) is 0. The predicted molar refractivity (Wildman–Crippen MR) is 236 cm³/mol. The van der Waals surface area contributed by atoms with Gasteiger partial charge in [-0.25, -0.2) is 9.97 Å². The normalized spacial score (nSPS) is 13.0. The van der Waals surface area contributed by atoms with E-state index in [2.05, 4.69) is 191 Å². The van der Waals surface area contributed by atoms with E-state index in [9.17, 15) is 0 Å². The number of benzene rings is 8. The molecule has 10 aromatic rings. The van der Waals surface area contributed by atoms with Gasteiger partial charge in [0.2, 0.25) is 0 Å². The maximum atomic E-state index is 6.57. The van der Waals surface area contributed by atoms with Gasteiger partial charge in [0.15, 0.2) is 5.82 Å². The molecule has 57 heavy (non-hydrogen) atoms. The fourth-order valence-electron chi connectivity index (χ4n) is 9.31. The first kappa shape index (κ1) is 33.3. The van der Waals surface area contributed by atoms with Crippen LogP contribution < -0.4 is 0 Å².